The van der Waals surface area contributed by atoms with Crippen LogP contribution in [0.25, 0.3) is 0 Å². The van der Waals surface area contributed by atoms with E-state index in [4.69, 9.17) is 0 Å². The van der Waals surface area contributed by atoms with E-state index in [1.807, 2.05) is 6.92 Å². The first-order chi connectivity index (χ1) is 7.43. The van der Waals surface area contributed by atoms with E-state index in [0.29, 0.717) is 0 Å². The summed E-state index contributed by atoms with van der Waals surface area (Å²) in [4.78, 5) is 2.53. The number of nitrogens with one attached hydrogen (secondary N) is 1. The Hall–Kier alpha value is -0.390. The molecule has 3 nitrogen and oxygen atoms in total. The third-order valence-corrected chi connectivity index (χ3v) is 5.25. The minimum absolute atomic E-state index is 0.00681. The lowest BCUT2D eigenvalue weighted by atomic mass is 10.3. The summed E-state index contributed by atoms with van der Waals surface area (Å²) in [6, 6.07) is 4.16. The smallest absolute Gasteiger partial charge is 0.151 e. The molecule has 1 aromatic rings. The summed E-state index contributed by atoms with van der Waals surface area (Å²) in [7, 11) is -2.88. The summed E-state index contributed by atoms with van der Waals surface area (Å²) in [6.07, 6.45) is 0. The van der Waals surface area contributed by atoms with Gasteiger partial charge in [-0.15, -0.1) is 11.3 Å². The molecule has 0 saturated heterocycles. The molecule has 92 valence electrons. The molecule has 1 atom stereocenters. The van der Waals surface area contributed by atoms with E-state index in [1.165, 1.54) is 9.75 Å². The first-order valence-corrected chi connectivity index (χ1v) is 8.06. The van der Waals surface area contributed by atoms with E-state index in [9.17, 15) is 8.42 Å². The molecule has 1 unspecified atom stereocenters. The molecule has 0 aliphatic rings. The molecule has 0 bridgehead atoms. The van der Waals surface area contributed by atoms with Crippen LogP contribution in [0.3, 0.4) is 0 Å². The van der Waals surface area contributed by atoms with Crippen LogP contribution in [0.4, 0.5) is 0 Å². The second-order valence-corrected chi connectivity index (χ2v) is 7.76. The predicted molar refractivity (Wildman–Crippen MR) is 69.7 cm³/mol. The first kappa shape index (κ1) is 13.7. The van der Waals surface area contributed by atoms with Gasteiger partial charge >= 0.3 is 0 Å². The average Bonchev–Trinajstić information content (AvgIpc) is 2.61. The van der Waals surface area contributed by atoms with E-state index in [-0.39, 0.29) is 17.5 Å². The maximum Gasteiger partial charge on any atom is 0.151 e. The van der Waals surface area contributed by atoms with Gasteiger partial charge in [-0.3, -0.25) is 0 Å². The molecule has 0 aliphatic heterocycles. The van der Waals surface area contributed by atoms with Crippen LogP contribution >= 0.6 is 11.3 Å². The molecule has 0 aromatic carbocycles. The fourth-order valence-corrected chi connectivity index (χ4v) is 3.37. The monoisotopic (exact) mass is 261 g/mol. The quantitative estimate of drug-likeness (QED) is 0.851. The Morgan fingerprint density at radius 3 is 2.62 bits per heavy atom. The summed E-state index contributed by atoms with van der Waals surface area (Å²) in [5.74, 6) is 0.436. The minimum atomic E-state index is -2.88. The zero-order valence-electron chi connectivity index (χ0n) is 9.99. The Morgan fingerprint density at radius 1 is 1.44 bits per heavy atom. The normalized spacial score (nSPS) is 13.9. The number of sulfone groups is 1. The van der Waals surface area contributed by atoms with Gasteiger partial charge in [-0.25, -0.2) is 8.42 Å². The molecule has 5 heteroatoms. The number of aryl methyl sites for hydroxylation is 1. The Bertz CT molecular complexity index is 423. The van der Waals surface area contributed by atoms with Crippen molar-refractivity contribution < 1.29 is 8.42 Å². The zero-order valence-corrected chi connectivity index (χ0v) is 11.6. The van der Waals surface area contributed by atoms with Crippen LogP contribution in [0, 0.1) is 6.92 Å². The lowest BCUT2D eigenvalue weighted by Gasteiger charge is -2.12. The zero-order chi connectivity index (χ0) is 12.2. The summed E-state index contributed by atoms with van der Waals surface area (Å²) >= 11 is 1.74. The third-order valence-electron chi connectivity index (χ3n) is 2.36. The number of thiophene rings is 1. The fraction of sp³-hybridized carbons (Fsp3) is 0.636. The highest BCUT2D eigenvalue weighted by Crippen LogP contribution is 2.14. The second-order valence-electron chi connectivity index (χ2n) is 3.99. The van der Waals surface area contributed by atoms with E-state index < -0.39 is 9.84 Å². The summed E-state index contributed by atoms with van der Waals surface area (Å²) in [5.41, 5.74) is 0. The van der Waals surface area contributed by atoms with Gasteiger partial charge in [-0.2, -0.15) is 0 Å². The van der Waals surface area contributed by atoms with Crippen molar-refractivity contribution in [1.82, 2.24) is 5.32 Å². The van der Waals surface area contributed by atoms with Crippen LogP contribution in [0.5, 0.6) is 0 Å². The molecule has 1 heterocycles. The van der Waals surface area contributed by atoms with E-state index in [0.717, 1.165) is 6.54 Å². The largest absolute Gasteiger partial charge is 0.308 e. The summed E-state index contributed by atoms with van der Waals surface area (Å²) in [6.45, 7) is 6.41. The molecular weight excluding hydrogens is 242 g/mol. The molecule has 1 aromatic heterocycles. The van der Waals surface area contributed by atoms with Crippen molar-refractivity contribution in [3.8, 4) is 0 Å². The van der Waals surface area contributed by atoms with Crippen LogP contribution in [0.1, 0.15) is 23.6 Å². The number of hydrogen-bond acceptors (Lipinski definition) is 4. The second kappa shape index (κ2) is 5.80. The van der Waals surface area contributed by atoms with Gasteiger partial charge in [0.15, 0.2) is 9.84 Å². The molecule has 0 saturated carbocycles. The molecule has 16 heavy (non-hydrogen) atoms. The van der Waals surface area contributed by atoms with Crippen molar-refractivity contribution in [2.45, 2.75) is 33.4 Å². The van der Waals surface area contributed by atoms with Crippen LogP contribution in [0.2, 0.25) is 0 Å². The lowest BCUT2D eigenvalue weighted by Crippen LogP contribution is -2.32. The molecule has 1 N–H and O–H groups in total. The standard InChI is InChI=1S/C11H19NO2S2/c1-4-16(13,14)8-9(2)12-7-11-6-5-10(3)15-11/h5-6,9,12H,4,7-8H2,1-3H3. The van der Waals surface area contributed by atoms with E-state index in [1.54, 1.807) is 18.3 Å². The first-order valence-electron chi connectivity index (χ1n) is 5.42. The van der Waals surface area contributed by atoms with Crippen LogP contribution in [0.15, 0.2) is 12.1 Å². The van der Waals surface area contributed by atoms with Gasteiger partial charge in [0.25, 0.3) is 0 Å². The van der Waals surface area contributed by atoms with Crippen LogP contribution < -0.4 is 5.32 Å². The van der Waals surface area contributed by atoms with Gasteiger partial charge in [-0.05, 0) is 26.0 Å². The van der Waals surface area contributed by atoms with Gasteiger partial charge in [0.2, 0.25) is 0 Å². The maximum atomic E-state index is 11.4. The summed E-state index contributed by atoms with van der Waals surface area (Å²) in [5, 5.41) is 3.23. The topological polar surface area (TPSA) is 46.2 Å². The van der Waals surface area contributed by atoms with Crippen molar-refractivity contribution in [2.75, 3.05) is 11.5 Å². The molecule has 0 amide bonds. The highest BCUT2D eigenvalue weighted by Gasteiger charge is 2.13. The molecule has 0 spiro atoms. The number of rotatable bonds is 6. The molecule has 0 radical (unpaired) electrons. The van der Waals surface area contributed by atoms with Crippen LogP contribution in [-0.2, 0) is 16.4 Å². The Labute approximate surface area is 102 Å². The van der Waals surface area contributed by atoms with Crippen molar-refractivity contribution in [2.24, 2.45) is 0 Å². The van der Waals surface area contributed by atoms with Crippen LogP contribution in [-0.4, -0.2) is 26.0 Å². The highest BCUT2D eigenvalue weighted by atomic mass is 32.2. The Kier molecular flexibility index (Phi) is 4.95. The summed E-state index contributed by atoms with van der Waals surface area (Å²) < 4.78 is 22.8. The van der Waals surface area contributed by atoms with E-state index in [2.05, 4.69) is 24.4 Å². The lowest BCUT2D eigenvalue weighted by molar-refractivity contribution is 0.559. The molecular formula is C11H19NO2S2. The average molecular weight is 261 g/mol. The van der Waals surface area contributed by atoms with Gasteiger partial charge in [0.1, 0.15) is 0 Å². The van der Waals surface area contributed by atoms with Crippen molar-refractivity contribution in [1.29, 1.82) is 0 Å². The van der Waals surface area contributed by atoms with Crippen molar-refractivity contribution in [3.05, 3.63) is 21.9 Å². The Morgan fingerprint density at radius 2 is 2.12 bits per heavy atom. The SMILES string of the molecule is CCS(=O)(=O)CC(C)NCc1ccc(C)s1. The van der Waals surface area contributed by atoms with Crippen molar-refractivity contribution >= 4 is 21.2 Å². The molecule has 0 aliphatic carbocycles. The minimum Gasteiger partial charge on any atom is -0.308 e. The van der Waals surface area contributed by atoms with Gasteiger partial charge in [0, 0.05) is 28.1 Å². The fourth-order valence-electron chi connectivity index (χ4n) is 1.41. The van der Waals surface area contributed by atoms with Gasteiger partial charge < -0.3 is 5.32 Å². The Balaban J connectivity index is 2.39. The predicted octanol–water partition coefficient (Wildman–Crippen LogP) is 1.97. The van der Waals surface area contributed by atoms with Crippen molar-refractivity contribution in [3.63, 3.8) is 0 Å². The molecule has 0 fully saturated rings. The maximum absolute atomic E-state index is 11.4. The van der Waals surface area contributed by atoms with E-state index >= 15 is 0 Å². The number of hydrogen-bond donors (Lipinski definition) is 1. The third kappa shape index (κ3) is 4.63. The molecule has 1 rings (SSSR count). The van der Waals surface area contributed by atoms with Gasteiger partial charge in [0.05, 0.1) is 5.75 Å². The highest BCUT2D eigenvalue weighted by molar-refractivity contribution is 7.91. The van der Waals surface area contributed by atoms with Gasteiger partial charge in [-0.1, -0.05) is 6.92 Å².